The van der Waals surface area contributed by atoms with Crippen LogP contribution in [0.15, 0.2) is 60.7 Å². The molecule has 1 fully saturated rings. The zero-order valence-corrected chi connectivity index (χ0v) is 16.3. The highest BCUT2D eigenvalue weighted by atomic mass is 16.3. The SMILES string of the molecule is CC(C)[C@H](N1CCCCC1)C(O)(Cc1ccccc1)Cc1ccccc1. The third-order valence-corrected chi connectivity index (χ3v) is 5.67. The second kappa shape index (κ2) is 8.83. The van der Waals surface area contributed by atoms with Crippen LogP contribution in [0.3, 0.4) is 0 Å². The number of rotatable bonds is 7. The van der Waals surface area contributed by atoms with Crippen LogP contribution in [0.5, 0.6) is 0 Å². The first-order valence-electron chi connectivity index (χ1n) is 10.1. The Bertz CT molecular complexity index is 605. The quantitative estimate of drug-likeness (QED) is 0.781. The summed E-state index contributed by atoms with van der Waals surface area (Å²) in [4.78, 5) is 2.56. The second-order valence-corrected chi connectivity index (χ2v) is 8.21. The number of piperidine rings is 1. The number of aliphatic hydroxyl groups is 1. The van der Waals surface area contributed by atoms with Gasteiger partial charge in [-0.2, -0.15) is 0 Å². The van der Waals surface area contributed by atoms with Crippen LogP contribution in [-0.4, -0.2) is 34.7 Å². The molecule has 3 rings (SSSR count). The topological polar surface area (TPSA) is 23.5 Å². The molecule has 1 heterocycles. The Labute approximate surface area is 158 Å². The summed E-state index contributed by atoms with van der Waals surface area (Å²) >= 11 is 0. The normalized spacial score (nSPS) is 17.4. The molecule has 1 atom stereocenters. The largest absolute Gasteiger partial charge is 0.388 e. The number of hydrogen-bond donors (Lipinski definition) is 1. The van der Waals surface area contributed by atoms with Gasteiger partial charge in [-0.25, -0.2) is 0 Å². The van der Waals surface area contributed by atoms with E-state index in [-0.39, 0.29) is 6.04 Å². The van der Waals surface area contributed by atoms with E-state index < -0.39 is 5.60 Å². The van der Waals surface area contributed by atoms with Gasteiger partial charge in [-0.1, -0.05) is 80.9 Å². The van der Waals surface area contributed by atoms with Crippen molar-refractivity contribution in [2.45, 2.75) is 57.6 Å². The number of likely N-dealkylation sites (tertiary alicyclic amines) is 1. The standard InChI is InChI=1S/C24H33NO/c1-20(2)23(25-16-10-5-11-17-25)24(26,18-21-12-6-3-7-13-21)19-22-14-8-4-9-15-22/h3-4,6-9,12-15,20,23,26H,5,10-11,16-19H2,1-2H3/t23-/m0/s1. The Balaban J connectivity index is 1.93. The summed E-state index contributed by atoms with van der Waals surface area (Å²) in [5.41, 5.74) is 1.66. The molecular formula is C24H33NO. The van der Waals surface area contributed by atoms with Crippen LogP contribution in [0.4, 0.5) is 0 Å². The number of benzene rings is 2. The van der Waals surface area contributed by atoms with Gasteiger partial charge in [0.15, 0.2) is 0 Å². The van der Waals surface area contributed by atoms with E-state index in [1.807, 2.05) is 12.1 Å². The minimum Gasteiger partial charge on any atom is -0.388 e. The Hall–Kier alpha value is -1.64. The van der Waals surface area contributed by atoms with Gasteiger partial charge in [0.1, 0.15) is 0 Å². The first kappa shape index (κ1) is 19.1. The highest BCUT2D eigenvalue weighted by molar-refractivity contribution is 5.23. The molecule has 1 saturated heterocycles. The highest BCUT2D eigenvalue weighted by Gasteiger charge is 2.42. The summed E-state index contributed by atoms with van der Waals surface area (Å²) in [6.07, 6.45) is 5.20. The molecule has 1 N–H and O–H groups in total. The third-order valence-electron chi connectivity index (χ3n) is 5.67. The molecule has 2 nitrogen and oxygen atoms in total. The van der Waals surface area contributed by atoms with Crippen molar-refractivity contribution in [3.05, 3.63) is 71.8 Å². The maximum absolute atomic E-state index is 12.1. The molecule has 26 heavy (non-hydrogen) atoms. The lowest BCUT2D eigenvalue weighted by atomic mass is 9.76. The van der Waals surface area contributed by atoms with E-state index in [9.17, 15) is 5.11 Å². The molecular weight excluding hydrogens is 318 g/mol. The van der Waals surface area contributed by atoms with Gasteiger partial charge in [0, 0.05) is 18.9 Å². The summed E-state index contributed by atoms with van der Waals surface area (Å²) < 4.78 is 0. The molecule has 0 bridgehead atoms. The molecule has 2 heteroatoms. The maximum Gasteiger partial charge on any atom is 0.0884 e. The summed E-state index contributed by atoms with van der Waals surface area (Å²) in [6.45, 7) is 6.74. The third kappa shape index (κ3) is 4.75. The molecule has 2 aromatic rings. The predicted molar refractivity (Wildman–Crippen MR) is 109 cm³/mol. The molecule has 2 aromatic carbocycles. The molecule has 0 aliphatic carbocycles. The van der Waals surface area contributed by atoms with Crippen LogP contribution in [0.2, 0.25) is 0 Å². The van der Waals surface area contributed by atoms with Crippen LogP contribution in [-0.2, 0) is 12.8 Å². The van der Waals surface area contributed by atoms with Gasteiger partial charge in [0.25, 0.3) is 0 Å². The molecule has 0 unspecified atom stereocenters. The first-order chi connectivity index (χ1) is 12.6. The summed E-state index contributed by atoms with van der Waals surface area (Å²) in [5, 5.41) is 12.1. The fourth-order valence-corrected chi connectivity index (χ4v) is 4.75. The lowest BCUT2D eigenvalue weighted by Gasteiger charge is -2.47. The van der Waals surface area contributed by atoms with Crippen molar-refractivity contribution in [1.82, 2.24) is 4.90 Å². The van der Waals surface area contributed by atoms with E-state index in [2.05, 4.69) is 67.3 Å². The monoisotopic (exact) mass is 351 g/mol. The van der Waals surface area contributed by atoms with E-state index in [4.69, 9.17) is 0 Å². The summed E-state index contributed by atoms with van der Waals surface area (Å²) in [5.74, 6) is 0.408. The smallest absolute Gasteiger partial charge is 0.0884 e. The van der Waals surface area contributed by atoms with Gasteiger partial charge in [-0.05, 0) is 43.0 Å². The van der Waals surface area contributed by atoms with Gasteiger partial charge < -0.3 is 5.11 Å². The highest BCUT2D eigenvalue weighted by Crippen LogP contribution is 2.32. The molecule has 0 spiro atoms. The predicted octanol–water partition coefficient (Wildman–Crippen LogP) is 4.71. The van der Waals surface area contributed by atoms with E-state index in [0.29, 0.717) is 18.8 Å². The van der Waals surface area contributed by atoms with Crippen molar-refractivity contribution in [3.8, 4) is 0 Å². The van der Waals surface area contributed by atoms with Crippen molar-refractivity contribution in [3.63, 3.8) is 0 Å². The van der Waals surface area contributed by atoms with Crippen LogP contribution in [0, 0.1) is 5.92 Å². The van der Waals surface area contributed by atoms with Crippen molar-refractivity contribution in [2.75, 3.05) is 13.1 Å². The maximum atomic E-state index is 12.1. The van der Waals surface area contributed by atoms with E-state index in [0.717, 1.165) is 13.1 Å². The fourth-order valence-electron chi connectivity index (χ4n) is 4.75. The second-order valence-electron chi connectivity index (χ2n) is 8.21. The Morgan fingerprint density at radius 2 is 1.27 bits per heavy atom. The molecule has 1 aliphatic rings. The molecule has 0 radical (unpaired) electrons. The number of nitrogens with zero attached hydrogens (tertiary/aromatic N) is 1. The van der Waals surface area contributed by atoms with Gasteiger partial charge in [0.05, 0.1) is 5.60 Å². The van der Waals surface area contributed by atoms with E-state index in [1.165, 1.54) is 30.4 Å². The molecule has 0 aromatic heterocycles. The Morgan fingerprint density at radius 1 is 0.808 bits per heavy atom. The van der Waals surface area contributed by atoms with Crippen molar-refractivity contribution < 1.29 is 5.11 Å². The van der Waals surface area contributed by atoms with Crippen molar-refractivity contribution >= 4 is 0 Å². The molecule has 0 saturated carbocycles. The van der Waals surface area contributed by atoms with Crippen molar-refractivity contribution in [2.24, 2.45) is 5.92 Å². The average Bonchev–Trinajstić information content (AvgIpc) is 2.64. The van der Waals surface area contributed by atoms with Gasteiger partial charge in [-0.3, -0.25) is 4.90 Å². The lowest BCUT2D eigenvalue weighted by molar-refractivity contribution is -0.0711. The van der Waals surface area contributed by atoms with Crippen LogP contribution in [0.25, 0.3) is 0 Å². The number of hydrogen-bond acceptors (Lipinski definition) is 2. The first-order valence-corrected chi connectivity index (χ1v) is 10.1. The Morgan fingerprint density at radius 3 is 1.69 bits per heavy atom. The van der Waals surface area contributed by atoms with Gasteiger partial charge >= 0.3 is 0 Å². The lowest BCUT2D eigenvalue weighted by Crippen LogP contribution is -2.59. The van der Waals surface area contributed by atoms with Crippen molar-refractivity contribution in [1.29, 1.82) is 0 Å². The fraction of sp³-hybridized carbons (Fsp3) is 0.500. The van der Waals surface area contributed by atoms with E-state index >= 15 is 0 Å². The summed E-state index contributed by atoms with van der Waals surface area (Å²) in [7, 11) is 0. The van der Waals surface area contributed by atoms with E-state index in [1.54, 1.807) is 0 Å². The summed E-state index contributed by atoms with van der Waals surface area (Å²) in [6, 6.07) is 21.1. The Kier molecular flexibility index (Phi) is 6.50. The average molecular weight is 352 g/mol. The molecule has 0 amide bonds. The molecule has 140 valence electrons. The van der Waals surface area contributed by atoms with Gasteiger partial charge in [0.2, 0.25) is 0 Å². The zero-order valence-electron chi connectivity index (χ0n) is 16.3. The zero-order chi connectivity index (χ0) is 18.4. The van der Waals surface area contributed by atoms with Crippen LogP contribution < -0.4 is 0 Å². The van der Waals surface area contributed by atoms with Gasteiger partial charge in [-0.15, -0.1) is 0 Å². The van der Waals surface area contributed by atoms with Crippen LogP contribution >= 0.6 is 0 Å². The minimum absolute atomic E-state index is 0.170. The molecule has 1 aliphatic heterocycles. The minimum atomic E-state index is -0.770. The van der Waals surface area contributed by atoms with Crippen LogP contribution in [0.1, 0.15) is 44.2 Å².